The molecule has 0 fully saturated rings. The summed E-state index contributed by atoms with van der Waals surface area (Å²) in [5.41, 5.74) is 2.67. The molecule has 0 N–H and O–H groups in total. The van der Waals surface area contributed by atoms with E-state index in [4.69, 9.17) is 0 Å². The van der Waals surface area contributed by atoms with Gasteiger partial charge < -0.3 is 4.57 Å². The average molecular weight is 188 g/mol. The summed E-state index contributed by atoms with van der Waals surface area (Å²) in [6, 6.07) is 5.59. The second kappa shape index (κ2) is 3.25. The Morgan fingerprint density at radius 2 is 2.29 bits per heavy atom. The van der Waals surface area contributed by atoms with Crippen LogP contribution in [0.15, 0.2) is 18.2 Å². The van der Waals surface area contributed by atoms with Crippen molar-refractivity contribution in [3.63, 3.8) is 0 Å². The normalized spacial score (nSPS) is 10.7. The molecule has 0 bridgehead atoms. The summed E-state index contributed by atoms with van der Waals surface area (Å²) in [6.45, 7) is 4.97. The first-order chi connectivity index (χ1) is 6.76. The molecule has 14 heavy (non-hydrogen) atoms. The van der Waals surface area contributed by atoms with Gasteiger partial charge in [0.2, 0.25) is 0 Å². The Bertz CT molecular complexity index is 485. The summed E-state index contributed by atoms with van der Waals surface area (Å²) in [5, 5.41) is 0. The number of carbonyl (C=O) groups excluding carboxylic acids is 1. The SMILES string of the molecule is CCn1c(C)nc2cc(C=O)ccc21. The first-order valence-corrected chi connectivity index (χ1v) is 4.68. The third-order valence-electron chi connectivity index (χ3n) is 2.42. The molecule has 1 aromatic heterocycles. The second-order valence-electron chi connectivity index (χ2n) is 3.27. The number of imidazole rings is 1. The largest absolute Gasteiger partial charge is 0.329 e. The molecule has 0 atom stereocenters. The molecule has 0 aliphatic heterocycles. The average Bonchev–Trinajstić information content (AvgIpc) is 2.51. The van der Waals surface area contributed by atoms with Crippen LogP contribution in [0.2, 0.25) is 0 Å². The van der Waals surface area contributed by atoms with Gasteiger partial charge >= 0.3 is 0 Å². The number of carbonyl (C=O) groups is 1. The van der Waals surface area contributed by atoms with Crippen LogP contribution in [-0.2, 0) is 6.54 Å². The number of fused-ring (bicyclic) bond motifs is 1. The summed E-state index contributed by atoms with van der Waals surface area (Å²) >= 11 is 0. The molecule has 0 amide bonds. The van der Waals surface area contributed by atoms with Gasteiger partial charge in [-0.3, -0.25) is 4.79 Å². The Labute approximate surface area is 82.4 Å². The lowest BCUT2D eigenvalue weighted by atomic mass is 10.2. The van der Waals surface area contributed by atoms with Gasteiger partial charge in [-0.25, -0.2) is 4.98 Å². The van der Waals surface area contributed by atoms with Crippen LogP contribution in [0.4, 0.5) is 0 Å². The molecule has 1 heterocycles. The Balaban J connectivity index is 2.74. The molecule has 3 heteroatoms. The Morgan fingerprint density at radius 1 is 1.50 bits per heavy atom. The summed E-state index contributed by atoms with van der Waals surface area (Å²) in [7, 11) is 0. The van der Waals surface area contributed by atoms with Gasteiger partial charge in [-0.1, -0.05) is 0 Å². The molecule has 2 rings (SSSR count). The van der Waals surface area contributed by atoms with Crippen molar-refractivity contribution in [2.24, 2.45) is 0 Å². The minimum Gasteiger partial charge on any atom is -0.329 e. The molecule has 2 aromatic rings. The fraction of sp³-hybridized carbons (Fsp3) is 0.273. The van der Waals surface area contributed by atoms with Crippen LogP contribution in [0.25, 0.3) is 11.0 Å². The van der Waals surface area contributed by atoms with E-state index in [1.54, 1.807) is 0 Å². The zero-order valence-corrected chi connectivity index (χ0v) is 8.32. The highest BCUT2D eigenvalue weighted by Crippen LogP contribution is 2.16. The van der Waals surface area contributed by atoms with E-state index in [1.165, 1.54) is 0 Å². The number of nitrogens with zero attached hydrogens (tertiary/aromatic N) is 2. The van der Waals surface area contributed by atoms with Gasteiger partial charge in [0.1, 0.15) is 12.1 Å². The minimum absolute atomic E-state index is 0.679. The number of benzene rings is 1. The van der Waals surface area contributed by atoms with Crippen LogP contribution in [0.1, 0.15) is 23.1 Å². The highest BCUT2D eigenvalue weighted by molar-refractivity contribution is 5.85. The van der Waals surface area contributed by atoms with Crippen molar-refractivity contribution in [2.45, 2.75) is 20.4 Å². The second-order valence-corrected chi connectivity index (χ2v) is 3.27. The van der Waals surface area contributed by atoms with E-state index in [-0.39, 0.29) is 0 Å². The predicted octanol–water partition coefficient (Wildman–Crippen LogP) is 2.18. The molecule has 1 aromatic carbocycles. The lowest BCUT2D eigenvalue weighted by Crippen LogP contribution is -1.96. The zero-order valence-electron chi connectivity index (χ0n) is 8.32. The monoisotopic (exact) mass is 188 g/mol. The predicted molar refractivity (Wildman–Crippen MR) is 55.5 cm³/mol. The van der Waals surface area contributed by atoms with E-state index < -0.39 is 0 Å². The molecule has 3 nitrogen and oxygen atoms in total. The molecule has 0 unspecified atom stereocenters. The molecule has 0 saturated carbocycles. The van der Waals surface area contributed by atoms with Crippen molar-refractivity contribution in [1.82, 2.24) is 9.55 Å². The van der Waals surface area contributed by atoms with Crippen molar-refractivity contribution in [3.8, 4) is 0 Å². The number of hydrogen-bond acceptors (Lipinski definition) is 2. The van der Waals surface area contributed by atoms with Crippen LogP contribution >= 0.6 is 0 Å². The quantitative estimate of drug-likeness (QED) is 0.677. The zero-order chi connectivity index (χ0) is 10.1. The lowest BCUT2D eigenvalue weighted by Gasteiger charge is -2.00. The third-order valence-corrected chi connectivity index (χ3v) is 2.42. The molecular weight excluding hydrogens is 176 g/mol. The topological polar surface area (TPSA) is 34.9 Å². The van der Waals surface area contributed by atoms with Crippen molar-refractivity contribution < 1.29 is 4.79 Å². The van der Waals surface area contributed by atoms with Gasteiger partial charge in [-0.15, -0.1) is 0 Å². The van der Waals surface area contributed by atoms with E-state index in [0.29, 0.717) is 5.56 Å². The van der Waals surface area contributed by atoms with Gasteiger partial charge in [0.25, 0.3) is 0 Å². The molecule has 0 saturated heterocycles. The standard InChI is InChI=1S/C11H12N2O/c1-3-13-8(2)12-10-6-9(7-14)4-5-11(10)13/h4-7H,3H2,1-2H3. The molecule has 72 valence electrons. The highest BCUT2D eigenvalue weighted by Gasteiger charge is 2.05. The van der Waals surface area contributed by atoms with Crippen LogP contribution in [0.3, 0.4) is 0 Å². The summed E-state index contributed by atoms with van der Waals surface area (Å²) in [5.74, 6) is 0.991. The molecule has 0 spiro atoms. The summed E-state index contributed by atoms with van der Waals surface area (Å²) in [4.78, 5) is 15.0. The smallest absolute Gasteiger partial charge is 0.150 e. The fourth-order valence-corrected chi connectivity index (χ4v) is 1.74. The first kappa shape index (κ1) is 8.94. The number of hydrogen-bond donors (Lipinski definition) is 0. The van der Waals surface area contributed by atoms with Gasteiger partial charge in [0.05, 0.1) is 11.0 Å². The number of aromatic nitrogens is 2. The van der Waals surface area contributed by atoms with E-state index in [0.717, 1.165) is 29.7 Å². The van der Waals surface area contributed by atoms with Gasteiger partial charge in [0, 0.05) is 12.1 Å². The van der Waals surface area contributed by atoms with Crippen molar-refractivity contribution >= 4 is 17.3 Å². The minimum atomic E-state index is 0.679. The Kier molecular flexibility index (Phi) is 2.08. The molecule has 0 aliphatic carbocycles. The van der Waals surface area contributed by atoms with Crippen molar-refractivity contribution in [1.29, 1.82) is 0 Å². The fourth-order valence-electron chi connectivity index (χ4n) is 1.74. The van der Waals surface area contributed by atoms with Crippen molar-refractivity contribution in [3.05, 3.63) is 29.6 Å². The van der Waals surface area contributed by atoms with E-state index in [1.807, 2.05) is 25.1 Å². The number of rotatable bonds is 2. The van der Waals surface area contributed by atoms with Crippen LogP contribution in [0, 0.1) is 6.92 Å². The van der Waals surface area contributed by atoms with Gasteiger partial charge in [0.15, 0.2) is 0 Å². The maximum atomic E-state index is 10.6. The number of aryl methyl sites for hydroxylation is 2. The van der Waals surface area contributed by atoms with Crippen LogP contribution in [-0.4, -0.2) is 15.8 Å². The first-order valence-electron chi connectivity index (χ1n) is 4.68. The van der Waals surface area contributed by atoms with E-state index in [2.05, 4.69) is 16.5 Å². The maximum Gasteiger partial charge on any atom is 0.150 e. The molecular formula is C11H12N2O. The summed E-state index contributed by atoms with van der Waals surface area (Å²) < 4.78 is 2.13. The lowest BCUT2D eigenvalue weighted by molar-refractivity contribution is 0.112. The van der Waals surface area contributed by atoms with E-state index >= 15 is 0 Å². The molecule has 0 radical (unpaired) electrons. The van der Waals surface area contributed by atoms with Crippen LogP contribution < -0.4 is 0 Å². The summed E-state index contributed by atoms with van der Waals surface area (Å²) in [6.07, 6.45) is 0.847. The number of aldehydes is 1. The maximum absolute atomic E-state index is 10.6. The third kappa shape index (κ3) is 1.21. The Hall–Kier alpha value is -1.64. The highest BCUT2D eigenvalue weighted by atomic mass is 16.1. The van der Waals surface area contributed by atoms with Crippen molar-refractivity contribution in [2.75, 3.05) is 0 Å². The van der Waals surface area contributed by atoms with Gasteiger partial charge in [-0.2, -0.15) is 0 Å². The molecule has 0 aliphatic rings. The van der Waals surface area contributed by atoms with Gasteiger partial charge in [-0.05, 0) is 32.0 Å². The Morgan fingerprint density at radius 3 is 2.93 bits per heavy atom. The van der Waals surface area contributed by atoms with E-state index in [9.17, 15) is 4.79 Å². The van der Waals surface area contributed by atoms with Crippen LogP contribution in [0.5, 0.6) is 0 Å².